The number of aliphatic hydroxyl groups excluding tert-OH is 1. The third kappa shape index (κ3) is 3.92. The van der Waals surface area contributed by atoms with Crippen molar-refractivity contribution in [3.05, 3.63) is 35.9 Å². The number of hydrogen-bond acceptors (Lipinski definition) is 3. The molecule has 1 N–H and O–H groups in total. The summed E-state index contributed by atoms with van der Waals surface area (Å²) in [4.78, 5) is 3.16. The molecular formula is C13H17F3N2O. The lowest BCUT2D eigenvalue weighted by atomic mass is 10.2. The molecule has 19 heavy (non-hydrogen) atoms. The van der Waals surface area contributed by atoms with Gasteiger partial charge in [0, 0.05) is 32.7 Å². The van der Waals surface area contributed by atoms with Crippen LogP contribution in [0.4, 0.5) is 13.2 Å². The SMILES string of the molecule is OC(N1CCN(Cc2ccccc2)CC1)C(F)(F)F. The van der Waals surface area contributed by atoms with Crippen LogP contribution in [0.5, 0.6) is 0 Å². The van der Waals surface area contributed by atoms with E-state index in [4.69, 9.17) is 5.11 Å². The van der Waals surface area contributed by atoms with Gasteiger partial charge in [-0.3, -0.25) is 9.80 Å². The molecule has 106 valence electrons. The van der Waals surface area contributed by atoms with Gasteiger partial charge in [-0.2, -0.15) is 13.2 Å². The van der Waals surface area contributed by atoms with Crippen LogP contribution in [0.2, 0.25) is 0 Å². The maximum atomic E-state index is 12.4. The third-order valence-corrected chi connectivity index (χ3v) is 3.29. The van der Waals surface area contributed by atoms with E-state index in [-0.39, 0.29) is 13.1 Å². The second-order valence-electron chi connectivity index (χ2n) is 4.71. The minimum Gasteiger partial charge on any atom is -0.370 e. The summed E-state index contributed by atoms with van der Waals surface area (Å²) in [7, 11) is 0. The molecule has 1 aliphatic rings. The fourth-order valence-electron chi connectivity index (χ4n) is 2.21. The Bertz CT molecular complexity index is 389. The van der Waals surface area contributed by atoms with Crippen molar-refractivity contribution in [2.45, 2.75) is 18.9 Å². The highest BCUT2D eigenvalue weighted by molar-refractivity contribution is 5.14. The fourth-order valence-corrected chi connectivity index (χ4v) is 2.21. The lowest BCUT2D eigenvalue weighted by Gasteiger charge is -2.37. The van der Waals surface area contributed by atoms with Crippen molar-refractivity contribution in [1.82, 2.24) is 9.80 Å². The van der Waals surface area contributed by atoms with Crippen molar-refractivity contribution in [3.63, 3.8) is 0 Å². The van der Waals surface area contributed by atoms with E-state index in [2.05, 4.69) is 4.90 Å². The first-order chi connectivity index (χ1) is 8.97. The van der Waals surface area contributed by atoms with Crippen molar-refractivity contribution < 1.29 is 18.3 Å². The summed E-state index contributed by atoms with van der Waals surface area (Å²) in [5.41, 5.74) is 1.15. The first-order valence-electron chi connectivity index (χ1n) is 6.22. The van der Waals surface area contributed by atoms with Gasteiger partial charge in [0.1, 0.15) is 0 Å². The van der Waals surface area contributed by atoms with E-state index in [1.54, 1.807) is 0 Å². The molecule has 2 rings (SSSR count). The molecule has 0 bridgehead atoms. The van der Waals surface area contributed by atoms with Crippen molar-refractivity contribution >= 4 is 0 Å². The Kier molecular flexibility index (Phi) is 4.44. The Morgan fingerprint density at radius 1 is 1.05 bits per heavy atom. The molecule has 1 saturated heterocycles. The van der Waals surface area contributed by atoms with Crippen LogP contribution in [0.3, 0.4) is 0 Å². The highest BCUT2D eigenvalue weighted by Gasteiger charge is 2.43. The molecule has 0 aliphatic carbocycles. The minimum atomic E-state index is -4.57. The first kappa shape index (κ1) is 14.3. The van der Waals surface area contributed by atoms with Crippen molar-refractivity contribution in [1.29, 1.82) is 0 Å². The van der Waals surface area contributed by atoms with Gasteiger partial charge < -0.3 is 5.11 Å². The van der Waals surface area contributed by atoms with Gasteiger partial charge in [-0.1, -0.05) is 30.3 Å². The summed E-state index contributed by atoms with van der Waals surface area (Å²) in [5, 5.41) is 9.17. The quantitative estimate of drug-likeness (QED) is 0.908. The normalized spacial score (nSPS) is 20.4. The number of hydrogen-bond donors (Lipinski definition) is 1. The Morgan fingerprint density at radius 3 is 2.16 bits per heavy atom. The molecule has 0 radical (unpaired) electrons. The van der Waals surface area contributed by atoms with E-state index < -0.39 is 12.4 Å². The van der Waals surface area contributed by atoms with Crippen molar-refractivity contribution in [2.75, 3.05) is 26.2 Å². The molecule has 1 heterocycles. The largest absolute Gasteiger partial charge is 0.428 e. The van der Waals surface area contributed by atoms with Gasteiger partial charge in [0.05, 0.1) is 0 Å². The molecule has 1 aromatic rings. The number of rotatable bonds is 3. The molecule has 1 unspecified atom stereocenters. The Labute approximate surface area is 110 Å². The van der Waals surface area contributed by atoms with Crippen LogP contribution in [0, 0.1) is 0 Å². The van der Waals surface area contributed by atoms with E-state index in [1.807, 2.05) is 30.3 Å². The van der Waals surface area contributed by atoms with Gasteiger partial charge in [0.25, 0.3) is 0 Å². The topological polar surface area (TPSA) is 26.7 Å². The highest BCUT2D eigenvalue weighted by Crippen LogP contribution is 2.23. The number of halogens is 3. The van der Waals surface area contributed by atoms with Crippen LogP contribution in [-0.2, 0) is 6.54 Å². The van der Waals surface area contributed by atoms with E-state index in [9.17, 15) is 13.2 Å². The van der Waals surface area contributed by atoms with Crippen LogP contribution in [0.1, 0.15) is 5.56 Å². The molecule has 3 nitrogen and oxygen atoms in total. The zero-order chi connectivity index (χ0) is 13.9. The second kappa shape index (κ2) is 5.90. The summed E-state index contributed by atoms with van der Waals surface area (Å²) >= 11 is 0. The molecular weight excluding hydrogens is 257 g/mol. The number of alkyl halides is 3. The zero-order valence-electron chi connectivity index (χ0n) is 10.5. The molecule has 1 atom stereocenters. The zero-order valence-corrected chi connectivity index (χ0v) is 10.5. The molecule has 0 amide bonds. The number of nitrogens with zero attached hydrogens (tertiary/aromatic N) is 2. The predicted molar refractivity (Wildman–Crippen MR) is 65.4 cm³/mol. The van der Waals surface area contributed by atoms with Crippen LogP contribution < -0.4 is 0 Å². The fraction of sp³-hybridized carbons (Fsp3) is 0.538. The Morgan fingerprint density at radius 2 is 1.63 bits per heavy atom. The van der Waals surface area contributed by atoms with E-state index >= 15 is 0 Å². The molecule has 6 heteroatoms. The second-order valence-corrected chi connectivity index (χ2v) is 4.71. The van der Waals surface area contributed by atoms with E-state index in [0.29, 0.717) is 13.1 Å². The molecule has 1 aromatic carbocycles. The lowest BCUT2D eigenvalue weighted by Crippen LogP contribution is -2.54. The van der Waals surface area contributed by atoms with Crippen LogP contribution in [-0.4, -0.2) is 53.5 Å². The maximum absolute atomic E-state index is 12.4. The van der Waals surface area contributed by atoms with Crippen LogP contribution >= 0.6 is 0 Å². The highest BCUT2D eigenvalue weighted by atomic mass is 19.4. The van der Waals surface area contributed by atoms with E-state index in [1.165, 1.54) is 0 Å². The van der Waals surface area contributed by atoms with Gasteiger partial charge in [0.2, 0.25) is 6.23 Å². The van der Waals surface area contributed by atoms with Crippen molar-refractivity contribution in [3.8, 4) is 0 Å². The minimum absolute atomic E-state index is 0.230. The van der Waals surface area contributed by atoms with Crippen LogP contribution in [0.15, 0.2) is 30.3 Å². The summed E-state index contributed by atoms with van der Waals surface area (Å²) in [6.45, 7) is 2.25. The monoisotopic (exact) mass is 274 g/mol. The summed E-state index contributed by atoms with van der Waals surface area (Å²) < 4.78 is 37.1. The summed E-state index contributed by atoms with van der Waals surface area (Å²) in [6, 6.07) is 9.81. The smallest absolute Gasteiger partial charge is 0.370 e. The Hall–Kier alpha value is -1.11. The summed E-state index contributed by atoms with van der Waals surface area (Å²) in [6.07, 6.45) is -6.91. The predicted octanol–water partition coefficient (Wildman–Crippen LogP) is 1.68. The average molecular weight is 274 g/mol. The standard InChI is InChI=1S/C13H17F3N2O/c14-13(15,16)12(19)18-8-6-17(7-9-18)10-11-4-2-1-3-5-11/h1-5,12,19H,6-10H2. The number of piperazine rings is 1. The maximum Gasteiger partial charge on any atom is 0.428 e. The molecule has 0 saturated carbocycles. The Balaban J connectivity index is 1.83. The van der Waals surface area contributed by atoms with Gasteiger partial charge in [-0.25, -0.2) is 0 Å². The number of aliphatic hydroxyl groups is 1. The summed E-state index contributed by atoms with van der Waals surface area (Å²) in [5.74, 6) is 0. The first-order valence-corrected chi connectivity index (χ1v) is 6.22. The van der Waals surface area contributed by atoms with Gasteiger partial charge in [-0.15, -0.1) is 0 Å². The van der Waals surface area contributed by atoms with Gasteiger partial charge in [-0.05, 0) is 5.56 Å². The van der Waals surface area contributed by atoms with Gasteiger partial charge in [0.15, 0.2) is 0 Å². The van der Waals surface area contributed by atoms with Gasteiger partial charge >= 0.3 is 6.18 Å². The van der Waals surface area contributed by atoms with Crippen molar-refractivity contribution in [2.24, 2.45) is 0 Å². The molecule has 1 fully saturated rings. The number of benzene rings is 1. The molecule has 1 aliphatic heterocycles. The van der Waals surface area contributed by atoms with Crippen LogP contribution in [0.25, 0.3) is 0 Å². The molecule has 0 aromatic heterocycles. The third-order valence-electron chi connectivity index (χ3n) is 3.29. The lowest BCUT2D eigenvalue weighted by molar-refractivity contribution is -0.253. The average Bonchev–Trinajstić information content (AvgIpc) is 2.39. The molecule has 0 spiro atoms. The van der Waals surface area contributed by atoms with E-state index in [0.717, 1.165) is 17.0 Å².